The number of para-hydroxylation sites is 2. The number of aromatic nitrogens is 4. The van der Waals surface area contributed by atoms with Gasteiger partial charge < -0.3 is 52.0 Å². The smallest absolute Gasteiger partial charge is 0.339 e. The minimum atomic E-state index is -0.267. The Balaban J connectivity index is 0.000000147. The van der Waals surface area contributed by atoms with E-state index in [0.29, 0.717) is 11.6 Å². The van der Waals surface area contributed by atoms with Gasteiger partial charge in [0.25, 0.3) is 0 Å². The predicted molar refractivity (Wildman–Crippen MR) is 394 cm³/mol. The molecule has 0 radical (unpaired) electrons. The minimum Gasteiger partial charge on any atom is -0.495 e. The zero-order valence-electron chi connectivity index (χ0n) is 59.7. The molecule has 3 aromatic carbocycles. The van der Waals surface area contributed by atoms with E-state index < -0.39 is 0 Å². The maximum atomic E-state index is 11.4. The number of nitrogens with one attached hydrogen (secondary N) is 8. The lowest BCUT2D eigenvalue weighted by Gasteiger charge is -2.26. The number of aryl methyl sites for hydroxylation is 10. The number of amides is 5. The standard InChI is InChI=1S/3C12H16N2O.2C11H14N2O.C11H13NO2.C10H13NO/c2*1-8-6-7-10-4-3-5-11(12(10)13-8)14-9(2)15;1-8-7-12(14-9(2)15)10-5-3-4-6-11(10)13-8;1-8(14)13-10-6-2-4-9-5-3-7-12-11(9)10;1-8(14)13-10-5-4-9-3-2-6-12-11(9)7-10;1-14-11(13)9-6-2-4-8-5-3-7-12-10(8)9;1-12-9-6-8-4-2-3-5-10(8)11-7-9/h6-7,11H,3-5H2,1-2H3,(H,14,15);3-5,8,13H,6-7H2,1-2H3,(H,14,15);7H,3-6H2,1-2H3,(H,13,14,15);3,5,7,10H,2,4,6H2,1H3,(H,13,14);4-5,7,12H,2-3,6H2,1H3,(H,13,14);2,4,6,12H,3,5,7H2,1H3;6-7H,2-5H2,1H3. The van der Waals surface area contributed by atoms with Crippen molar-refractivity contribution in [1.29, 1.82) is 0 Å². The van der Waals surface area contributed by atoms with Crippen molar-refractivity contribution in [2.24, 2.45) is 0 Å². The van der Waals surface area contributed by atoms with Gasteiger partial charge in [0.15, 0.2) is 0 Å². The molecule has 0 saturated heterocycles. The number of anilines is 6. The summed E-state index contributed by atoms with van der Waals surface area (Å²) >= 11 is 0. The van der Waals surface area contributed by atoms with Gasteiger partial charge in [-0.2, -0.15) is 0 Å². The van der Waals surface area contributed by atoms with Crippen LogP contribution in [0.5, 0.6) is 5.75 Å². The molecule has 14 rings (SSSR count). The molecular weight excluding hydrogens is 1240 g/mol. The lowest BCUT2D eigenvalue weighted by Crippen LogP contribution is -2.29. The molecule has 0 spiro atoms. The van der Waals surface area contributed by atoms with E-state index in [0.717, 1.165) is 166 Å². The SMILES string of the molecule is CC(=O)NC1CCCc2ccc(C)nc21.CC(=O)NC1CCCc2cccnc21.CC(=O)Nc1cc(C)nc2c1CCCC2.CC(=O)Nc1ccc2c(c1)NCCC2.CC(=O)Nc1cccc2c1NC(C)CC2.COC(=O)c1cccc2c1NCCC2.COc1cnc2c(c1)CCCC2. The summed E-state index contributed by atoms with van der Waals surface area (Å²) in [6.07, 6.45) is 26.1. The number of hydrogen-bond donors (Lipinski definition) is 8. The summed E-state index contributed by atoms with van der Waals surface area (Å²) in [5.41, 5.74) is 22.1. The second-order valence-electron chi connectivity index (χ2n) is 26.2. The third-order valence-electron chi connectivity index (χ3n) is 18.0. The Bertz CT molecular complexity index is 3930. The fourth-order valence-corrected chi connectivity index (χ4v) is 13.5. The Hall–Kier alpha value is -9.72. The van der Waals surface area contributed by atoms with Gasteiger partial charge in [0.1, 0.15) is 5.75 Å². The summed E-state index contributed by atoms with van der Waals surface area (Å²) in [7, 11) is 3.09. The highest BCUT2D eigenvalue weighted by Gasteiger charge is 2.25. The quantitative estimate of drug-likeness (QED) is 0.0690. The topological polar surface area (TPSA) is 269 Å². The van der Waals surface area contributed by atoms with Gasteiger partial charge in [-0.15, -0.1) is 0 Å². The molecule has 0 bridgehead atoms. The normalized spacial score (nSPS) is 16.7. The van der Waals surface area contributed by atoms with Gasteiger partial charge in [-0.05, 0) is 237 Å². The van der Waals surface area contributed by atoms with Crippen LogP contribution in [0, 0.1) is 13.8 Å². The van der Waals surface area contributed by atoms with Crippen LogP contribution < -0.4 is 47.3 Å². The van der Waals surface area contributed by atoms with Crippen molar-refractivity contribution < 1.29 is 38.2 Å². The number of nitrogens with zero attached hydrogens (tertiary/aromatic N) is 4. The highest BCUT2D eigenvalue weighted by atomic mass is 16.5. The van der Waals surface area contributed by atoms with Crippen LogP contribution in [0.3, 0.4) is 0 Å². The van der Waals surface area contributed by atoms with Gasteiger partial charge in [-0.1, -0.05) is 42.5 Å². The molecule has 0 saturated carbocycles. The van der Waals surface area contributed by atoms with Crippen LogP contribution in [-0.2, 0) is 86.5 Å². The van der Waals surface area contributed by atoms with Crippen molar-refractivity contribution in [3.8, 4) is 5.75 Å². The maximum absolute atomic E-state index is 11.4. The van der Waals surface area contributed by atoms with Gasteiger partial charge in [0.2, 0.25) is 29.5 Å². The van der Waals surface area contributed by atoms with E-state index in [-0.39, 0.29) is 47.6 Å². The Labute approximate surface area is 584 Å². The van der Waals surface area contributed by atoms with Crippen molar-refractivity contribution in [2.45, 2.75) is 202 Å². The highest BCUT2D eigenvalue weighted by molar-refractivity contribution is 5.97. The minimum absolute atomic E-state index is 0.00614. The average Bonchev–Trinajstić information content (AvgIpc) is 1.07. The monoisotopic (exact) mass is 1350 g/mol. The molecule has 8 N–H and O–H groups in total. The molecular formula is C79H102N12O8. The largest absolute Gasteiger partial charge is 0.495 e. The first-order chi connectivity index (χ1) is 47.7. The molecule has 3 aliphatic heterocycles. The highest BCUT2D eigenvalue weighted by Crippen LogP contribution is 2.34. The first kappa shape index (κ1) is 75.1. The van der Waals surface area contributed by atoms with E-state index >= 15 is 0 Å². The second-order valence-corrected chi connectivity index (χ2v) is 26.2. The molecule has 7 heterocycles. The average molecular weight is 1350 g/mol. The number of methoxy groups -OCH3 is 2. The molecule has 20 nitrogen and oxygen atoms in total. The molecule has 4 aromatic heterocycles. The Morgan fingerprint density at radius 3 is 1.78 bits per heavy atom. The van der Waals surface area contributed by atoms with Gasteiger partial charge in [-0.3, -0.25) is 43.9 Å². The number of fused-ring (bicyclic) bond motifs is 7. The van der Waals surface area contributed by atoms with E-state index in [1.165, 1.54) is 110 Å². The first-order valence-corrected chi connectivity index (χ1v) is 35.2. The van der Waals surface area contributed by atoms with Crippen LogP contribution in [0.25, 0.3) is 0 Å². The Kier molecular flexibility index (Phi) is 28.7. The van der Waals surface area contributed by atoms with E-state index in [1.54, 1.807) is 40.1 Å². The number of rotatable bonds is 7. The molecule has 0 fully saturated rings. The van der Waals surface area contributed by atoms with Gasteiger partial charge in [0.05, 0.1) is 66.5 Å². The number of ether oxygens (including phenoxy) is 2. The van der Waals surface area contributed by atoms with Crippen molar-refractivity contribution in [1.82, 2.24) is 30.6 Å². The third kappa shape index (κ3) is 22.9. The molecule has 7 aliphatic rings. The number of hydrogen-bond acceptors (Lipinski definition) is 15. The van der Waals surface area contributed by atoms with Gasteiger partial charge in [0, 0.05) is 99.8 Å². The summed E-state index contributed by atoms with van der Waals surface area (Å²) < 4.78 is 9.84. The molecule has 7 aromatic rings. The van der Waals surface area contributed by atoms with Gasteiger partial charge in [-0.25, -0.2) is 4.79 Å². The molecule has 3 unspecified atom stereocenters. The van der Waals surface area contributed by atoms with Crippen LogP contribution in [0.2, 0.25) is 0 Å². The summed E-state index contributed by atoms with van der Waals surface area (Å²) in [4.78, 5) is 84.2. The zero-order valence-corrected chi connectivity index (χ0v) is 59.7. The predicted octanol–water partition coefficient (Wildman–Crippen LogP) is 13.9. The number of benzene rings is 3. The fourth-order valence-electron chi connectivity index (χ4n) is 13.5. The van der Waals surface area contributed by atoms with Crippen molar-refractivity contribution in [2.75, 3.05) is 59.2 Å². The first-order valence-electron chi connectivity index (χ1n) is 35.2. The Morgan fingerprint density at radius 1 is 0.485 bits per heavy atom. The van der Waals surface area contributed by atoms with E-state index in [4.69, 9.17) is 9.47 Å². The second kappa shape index (κ2) is 37.9. The van der Waals surface area contributed by atoms with E-state index in [9.17, 15) is 28.8 Å². The van der Waals surface area contributed by atoms with E-state index in [2.05, 4.69) is 99.7 Å². The molecule has 5 amide bonds. The molecule has 20 heteroatoms. The molecule has 3 atom stereocenters. The summed E-state index contributed by atoms with van der Waals surface area (Å²) in [6.45, 7) is 15.8. The lowest BCUT2D eigenvalue weighted by atomic mass is 9.91. The van der Waals surface area contributed by atoms with E-state index in [1.807, 2.05) is 74.6 Å². The molecule has 526 valence electrons. The molecule has 99 heavy (non-hydrogen) atoms. The number of carbonyl (C=O) groups excluding carboxylic acids is 6. The van der Waals surface area contributed by atoms with Crippen LogP contribution in [-0.4, -0.2) is 88.8 Å². The van der Waals surface area contributed by atoms with Crippen molar-refractivity contribution in [3.05, 3.63) is 182 Å². The molecule has 4 aliphatic carbocycles. The van der Waals surface area contributed by atoms with Crippen LogP contribution >= 0.6 is 0 Å². The van der Waals surface area contributed by atoms with Crippen LogP contribution in [0.4, 0.5) is 34.1 Å². The lowest BCUT2D eigenvalue weighted by molar-refractivity contribution is -0.120. The Morgan fingerprint density at radius 2 is 1.08 bits per heavy atom. The van der Waals surface area contributed by atoms with Crippen molar-refractivity contribution >= 4 is 69.6 Å². The maximum Gasteiger partial charge on any atom is 0.339 e. The summed E-state index contributed by atoms with van der Waals surface area (Å²) in [5.74, 6) is 0.606. The zero-order chi connectivity index (χ0) is 70.8. The van der Waals surface area contributed by atoms with Crippen LogP contribution in [0.1, 0.15) is 208 Å². The summed E-state index contributed by atoms with van der Waals surface area (Å²) in [6, 6.07) is 30.8. The number of carbonyl (C=O) groups is 6. The fraction of sp³-hybridized carbons (Fsp3) is 0.443. The van der Waals surface area contributed by atoms with Crippen LogP contribution in [0.15, 0.2) is 103 Å². The number of esters is 1. The van der Waals surface area contributed by atoms with Crippen molar-refractivity contribution in [3.63, 3.8) is 0 Å². The number of pyridine rings is 4. The third-order valence-corrected chi connectivity index (χ3v) is 18.0. The summed E-state index contributed by atoms with van der Waals surface area (Å²) in [5, 5.41) is 24.4. The van der Waals surface area contributed by atoms with Gasteiger partial charge >= 0.3 is 5.97 Å².